The molecule has 0 aliphatic rings. The molecule has 148 valence electrons. The van der Waals surface area contributed by atoms with E-state index in [1.165, 1.54) is 42.2 Å². The van der Waals surface area contributed by atoms with Crippen molar-refractivity contribution in [3.8, 4) is 17.1 Å². The van der Waals surface area contributed by atoms with E-state index in [4.69, 9.17) is 0 Å². The lowest BCUT2D eigenvalue weighted by Gasteiger charge is -2.03. The molecule has 0 aliphatic heterocycles. The van der Waals surface area contributed by atoms with Crippen LogP contribution < -0.4 is 15.1 Å². The third-order valence-electron chi connectivity index (χ3n) is 3.80. The van der Waals surface area contributed by atoms with E-state index >= 15 is 0 Å². The molecule has 2 N–H and O–H groups in total. The zero-order valence-corrected chi connectivity index (χ0v) is 16.0. The van der Waals surface area contributed by atoms with Gasteiger partial charge in [-0.1, -0.05) is 30.3 Å². The standard InChI is InChI=1S/C18H16N6O4S/c1-23-17(13-5-3-6-14(9-13)24(27)28)21-22-18(23)29-11-16(26)20-19-10-12-4-2-7-15(25)8-12/h2-10H,11H2,1H3,(H2,20,25,26)/b19-10+. The Hall–Kier alpha value is -3.73. The van der Waals surface area contributed by atoms with E-state index in [-0.39, 0.29) is 23.1 Å². The van der Waals surface area contributed by atoms with Crippen molar-refractivity contribution in [2.24, 2.45) is 12.1 Å². The van der Waals surface area contributed by atoms with Gasteiger partial charge in [-0.25, -0.2) is 9.99 Å². The number of H-pyrrole nitrogens is 1. The fraction of sp³-hybridized carbons (Fsp3) is 0.111. The van der Waals surface area contributed by atoms with Crippen LogP contribution in [0.15, 0.2) is 58.8 Å². The van der Waals surface area contributed by atoms with Crippen LogP contribution in [0.3, 0.4) is 0 Å². The Morgan fingerprint density at radius 3 is 2.90 bits per heavy atom. The second kappa shape index (κ2) is 8.97. The van der Waals surface area contributed by atoms with Gasteiger partial charge in [-0.2, -0.15) is 5.10 Å². The fourth-order valence-electron chi connectivity index (χ4n) is 2.44. The van der Waals surface area contributed by atoms with Crippen molar-refractivity contribution in [1.82, 2.24) is 15.6 Å². The third-order valence-corrected chi connectivity index (χ3v) is 4.83. The molecule has 0 aliphatic carbocycles. The summed E-state index contributed by atoms with van der Waals surface area (Å²) in [5.74, 6) is 0.157. The number of hydrazone groups is 1. The summed E-state index contributed by atoms with van der Waals surface area (Å²) in [5.41, 5.74) is 3.56. The van der Waals surface area contributed by atoms with E-state index in [0.29, 0.717) is 22.1 Å². The number of rotatable bonds is 7. The molecule has 3 aromatic rings. The zero-order chi connectivity index (χ0) is 20.8. The van der Waals surface area contributed by atoms with E-state index in [0.717, 1.165) is 0 Å². The highest BCUT2D eigenvalue weighted by atomic mass is 32.2. The van der Waals surface area contributed by atoms with Crippen molar-refractivity contribution in [3.05, 3.63) is 64.2 Å². The predicted molar refractivity (Wildman–Crippen MR) is 104 cm³/mol. The zero-order valence-electron chi connectivity index (χ0n) is 15.2. The number of thioether (sulfide) groups is 1. The highest BCUT2D eigenvalue weighted by molar-refractivity contribution is 7.99. The molecule has 3 rings (SSSR count). The molecule has 1 heterocycles. The fourth-order valence-corrected chi connectivity index (χ4v) is 3.16. The largest absolute Gasteiger partial charge is 0.872 e. The summed E-state index contributed by atoms with van der Waals surface area (Å²) < 4.78 is 1.71. The number of nitro benzene ring substituents is 1. The normalized spacial score (nSPS) is 10.9. The van der Waals surface area contributed by atoms with Crippen LogP contribution in [0.2, 0.25) is 0 Å². The minimum absolute atomic E-state index is 0.0222. The van der Waals surface area contributed by atoms with Crippen molar-refractivity contribution < 1.29 is 19.4 Å². The molecule has 11 heteroatoms. The summed E-state index contributed by atoms with van der Waals surface area (Å²) in [6, 6.07) is 12.3. The van der Waals surface area contributed by atoms with E-state index < -0.39 is 4.92 Å². The number of carbonyl (C=O) groups excluding carboxylic acids is 1. The number of hydrogen-bond donors (Lipinski definition) is 2. The minimum Gasteiger partial charge on any atom is -0.872 e. The number of aromatic amines is 1. The summed E-state index contributed by atoms with van der Waals surface area (Å²) in [6.07, 6.45) is 1.39. The molecular formula is C18H16N6O4S. The van der Waals surface area contributed by atoms with Crippen molar-refractivity contribution in [1.29, 1.82) is 0 Å². The van der Waals surface area contributed by atoms with Crippen LogP contribution in [-0.4, -0.2) is 33.0 Å². The number of aromatic nitrogens is 3. The molecule has 0 atom stereocenters. The summed E-state index contributed by atoms with van der Waals surface area (Å²) >= 11 is 1.18. The number of benzene rings is 2. The van der Waals surface area contributed by atoms with Crippen molar-refractivity contribution >= 4 is 29.6 Å². The van der Waals surface area contributed by atoms with E-state index in [9.17, 15) is 20.0 Å². The summed E-state index contributed by atoms with van der Waals surface area (Å²) in [7, 11) is 1.74. The maximum atomic E-state index is 12.0. The van der Waals surface area contributed by atoms with Crippen molar-refractivity contribution in [2.45, 2.75) is 5.16 Å². The van der Waals surface area contributed by atoms with Gasteiger partial charge < -0.3 is 5.11 Å². The van der Waals surface area contributed by atoms with Gasteiger partial charge in [0.2, 0.25) is 0 Å². The Kier molecular flexibility index (Phi) is 6.19. The quantitative estimate of drug-likeness (QED) is 0.196. The van der Waals surface area contributed by atoms with Gasteiger partial charge >= 0.3 is 5.16 Å². The molecule has 0 saturated heterocycles. The Morgan fingerprint density at radius 2 is 2.14 bits per heavy atom. The molecule has 0 fully saturated rings. The van der Waals surface area contributed by atoms with E-state index in [2.05, 4.69) is 20.7 Å². The second-order valence-corrected chi connectivity index (χ2v) is 6.82. The first-order chi connectivity index (χ1) is 13.9. The molecule has 10 nitrogen and oxygen atoms in total. The molecule has 2 aromatic carbocycles. The van der Waals surface area contributed by atoms with Gasteiger partial charge in [0.15, 0.2) is 0 Å². The maximum Gasteiger partial charge on any atom is 0.337 e. The van der Waals surface area contributed by atoms with Crippen LogP contribution in [0, 0.1) is 10.1 Å². The van der Waals surface area contributed by atoms with Crippen molar-refractivity contribution in [3.63, 3.8) is 0 Å². The summed E-state index contributed by atoms with van der Waals surface area (Å²) in [5, 5.41) is 33.5. The molecule has 29 heavy (non-hydrogen) atoms. The van der Waals surface area contributed by atoms with Gasteiger partial charge in [0.05, 0.1) is 34.6 Å². The number of nitro groups is 1. The van der Waals surface area contributed by atoms with Gasteiger partial charge in [-0.15, -0.1) is 10.8 Å². The summed E-state index contributed by atoms with van der Waals surface area (Å²) in [6.45, 7) is 0. The number of nitrogens with one attached hydrogen (secondary N) is 2. The number of carbonyl (C=O) groups is 1. The SMILES string of the molecule is C[n+]1c(SCC(=O)N/N=C/c2cccc([O-])c2)n[nH]c1-c1cccc([N+](=O)[O-])c1. The Morgan fingerprint density at radius 1 is 1.34 bits per heavy atom. The molecule has 0 saturated carbocycles. The molecule has 0 spiro atoms. The Bertz CT molecular complexity index is 1080. The van der Waals surface area contributed by atoms with Gasteiger partial charge in [0.25, 0.3) is 17.4 Å². The lowest BCUT2D eigenvalue weighted by Crippen LogP contribution is -2.32. The number of non-ortho nitro benzene ring substituents is 1. The smallest absolute Gasteiger partial charge is 0.337 e. The average Bonchev–Trinajstić information content (AvgIpc) is 3.07. The van der Waals surface area contributed by atoms with Crippen LogP contribution in [0.5, 0.6) is 5.75 Å². The molecule has 1 amide bonds. The Labute approximate surface area is 169 Å². The monoisotopic (exact) mass is 412 g/mol. The lowest BCUT2D eigenvalue weighted by molar-refractivity contribution is -0.698. The number of nitrogens with zero attached hydrogens (tertiary/aromatic N) is 4. The number of hydrogen-bond acceptors (Lipinski definition) is 7. The first-order valence-electron chi connectivity index (χ1n) is 8.35. The summed E-state index contributed by atoms with van der Waals surface area (Å²) in [4.78, 5) is 22.4. The van der Waals surface area contributed by atoms with Gasteiger partial charge in [0.1, 0.15) is 0 Å². The molecule has 0 radical (unpaired) electrons. The lowest BCUT2D eigenvalue weighted by atomic mass is 10.2. The van der Waals surface area contributed by atoms with Crippen LogP contribution in [0.4, 0.5) is 5.69 Å². The molecular weight excluding hydrogens is 396 g/mol. The number of amides is 1. The molecule has 0 unspecified atom stereocenters. The Balaban J connectivity index is 1.59. The second-order valence-electron chi connectivity index (χ2n) is 5.88. The van der Waals surface area contributed by atoms with Crippen LogP contribution in [0.25, 0.3) is 11.4 Å². The van der Waals surface area contributed by atoms with Gasteiger partial charge in [-0.05, 0) is 23.4 Å². The average molecular weight is 412 g/mol. The van der Waals surface area contributed by atoms with Crippen LogP contribution >= 0.6 is 11.8 Å². The van der Waals surface area contributed by atoms with E-state index in [1.807, 2.05) is 0 Å². The highest BCUT2D eigenvalue weighted by Gasteiger charge is 2.21. The minimum atomic E-state index is -0.465. The predicted octanol–water partition coefficient (Wildman–Crippen LogP) is 1.13. The topological polar surface area (TPSA) is 140 Å². The first kappa shape index (κ1) is 20.0. The third kappa shape index (κ3) is 5.17. The first-order valence-corrected chi connectivity index (χ1v) is 9.33. The van der Waals surface area contributed by atoms with Crippen LogP contribution in [-0.2, 0) is 11.8 Å². The molecule has 0 bridgehead atoms. The van der Waals surface area contributed by atoms with Gasteiger partial charge in [0, 0.05) is 12.1 Å². The van der Waals surface area contributed by atoms with E-state index in [1.54, 1.807) is 35.9 Å². The van der Waals surface area contributed by atoms with Crippen molar-refractivity contribution in [2.75, 3.05) is 5.75 Å². The van der Waals surface area contributed by atoms with Gasteiger partial charge in [-0.3, -0.25) is 14.9 Å². The maximum absolute atomic E-state index is 12.0. The van der Waals surface area contributed by atoms with Crippen LogP contribution in [0.1, 0.15) is 5.56 Å². The molecule has 1 aromatic heterocycles. The highest BCUT2D eigenvalue weighted by Crippen LogP contribution is 2.21.